The predicted molar refractivity (Wildman–Crippen MR) is 130 cm³/mol. The van der Waals surface area contributed by atoms with Crippen molar-refractivity contribution in [2.45, 2.75) is 0 Å². The van der Waals surface area contributed by atoms with Gasteiger partial charge in [0.25, 0.3) is 0 Å². The van der Waals surface area contributed by atoms with Crippen molar-refractivity contribution in [1.82, 2.24) is 0 Å². The Morgan fingerprint density at radius 3 is 2.03 bits per heavy atom. The van der Waals surface area contributed by atoms with Crippen LogP contribution in [0.15, 0.2) is 54.3 Å². The Morgan fingerprint density at radius 2 is 1.36 bits per heavy atom. The summed E-state index contributed by atoms with van der Waals surface area (Å²) in [5.74, 6) is 1.95. The molecule has 0 spiro atoms. The number of ether oxygens (including phenoxy) is 7. The van der Waals surface area contributed by atoms with Crippen LogP contribution in [0.25, 0.3) is 6.08 Å². The Balaban J connectivity index is 1.58. The fourth-order valence-electron chi connectivity index (χ4n) is 3.67. The molecule has 186 valence electrons. The van der Waals surface area contributed by atoms with Crippen LogP contribution in [0.3, 0.4) is 0 Å². The maximum Gasteiger partial charge on any atom is 0.343 e. The first-order valence-corrected chi connectivity index (χ1v) is 10.7. The first kappa shape index (κ1) is 24.5. The zero-order valence-electron chi connectivity index (χ0n) is 20.4. The lowest BCUT2D eigenvalue weighted by Crippen LogP contribution is -2.09. The fraction of sp³-hybridized carbons (Fsp3) is 0.185. The Labute approximate surface area is 207 Å². The minimum atomic E-state index is -0.606. The van der Waals surface area contributed by atoms with Gasteiger partial charge in [-0.3, -0.25) is 4.79 Å². The number of hydrogen-bond donors (Lipinski definition) is 0. The highest BCUT2D eigenvalue weighted by Gasteiger charge is 2.29. The first-order valence-electron chi connectivity index (χ1n) is 10.7. The van der Waals surface area contributed by atoms with Crippen molar-refractivity contribution in [3.05, 3.63) is 71.0 Å². The van der Waals surface area contributed by atoms with Gasteiger partial charge in [-0.2, -0.15) is 0 Å². The van der Waals surface area contributed by atoms with Gasteiger partial charge in [-0.15, -0.1) is 0 Å². The maximum atomic E-state index is 12.9. The van der Waals surface area contributed by atoms with Gasteiger partial charge < -0.3 is 33.2 Å². The molecule has 0 aliphatic carbocycles. The third-order valence-corrected chi connectivity index (χ3v) is 5.49. The van der Waals surface area contributed by atoms with Crippen LogP contribution in [0.1, 0.15) is 26.3 Å². The summed E-state index contributed by atoms with van der Waals surface area (Å²) in [6.07, 6.45) is 1.55. The number of ketones is 1. The second-order valence-corrected chi connectivity index (χ2v) is 7.51. The second-order valence-electron chi connectivity index (χ2n) is 7.51. The normalized spacial score (nSPS) is 13.0. The Morgan fingerprint density at radius 1 is 0.722 bits per heavy atom. The van der Waals surface area contributed by atoms with Crippen LogP contribution in [0.2, 0.25) is 0 Å². The summed E-state index contributed by atoms with van der Waals surface area (Å²) in [5, 5.41) is 0. The van der Waals surface area contributed by atoms with Gasteiger partial charge >= 0.3 is 5.97 Å². The summed E-state index contributed by atoms with van der Waals surface area (Å²) in [4.78, 5) is 25.6. The van der Waals surface area contributed by atoms with E-state index in [1.54, 1.807) is 36.4 Å². The van der Waals surface area contributed by atoms with Gasteiger partial charge in [0.1, 0.15) is 17.2 Å². The third-order valence-electron chi connectivity index (χ3n) is 5.49. The second kappa shape index (κ2) is 10.3. The van der Waals surface area contributed by atoms with Crippen molar-refractivity contribution in [1.29, 1.82) is 0 Å². The largest absolute Gasteiger partial charge is 0.496 e. The number of carbonyl (C=O) groups is 2. The van der Waals surface area contributed by atoms with Crippen molar-refractivity contribution in [2.24, 2.45) is 0 Å². The van der Waals surface area contributed by atoms with Crippen LogP contribution < -0.4 is 33.2 Å². The summed E-state index contributed by atoms with van der Waals surface area (Å²) in [7, 11) is 7.52. The highest BCUT2D eigenvalue weighted by molar-refractivity contribution is 6.14. The van der Waals surface area contributed by atoms with Crippen molar-refractivity contribution >= 4 is 17.8 Å². The van der Waals surface area contributed by atoms with E-state index in [1.165, 1.54) is 53.7 Å². The van der Waals surface area contributed by atoms with Crippen molar-refractivity contribution in [2.75, 3.05) is 35.5 Å². The van der Waals surface area contributed by atoms with Crippen molar-refractivity contribution in [3.8, 4) is 40.2 Å². The molecule has 0 bridgehead atoms. The molecule has 9 heteroatoms. The van der Waals surface area contributed by atoms with Gasteiger partial charge in [0, 0.05) is 17.7 Å². The van der Waals surface area contributed by atoms with E-state index in [2.05, 4.69) is 0 Å². The number of methoxy groups -OCH3 is 5. The quantitative estimate of drug-likeness (QED) is 0.254. The molecule has 1 aliphatic heterocycles. The molecule has 0 amide bonds. The fourth-order valence-corrected chi connectivity index (χ4v) is 3.67. The lowest BCUT2D eigenvalue weighted by atomic mass is 10.1. The van der Waals surface area contributed by atoms with Gasteiger partial charge in [0.05, 0.1) is 46.7 Å². The van der Waals surface area contributed by atoms with Gasteiger partial charge in [0.2, 0.25) is 5.78 Å². The van der Waals surface area contributed by atoms with E-state index in [4.69, 9.17) is 33.2 Å². The van der Waals surface area contributed by atoms with E-state index in [-0.39, 0.29) is 28.6 Å². The van der Waals surface area contributed by atoms with Crippen LogP contribution in [-0.2, 0) is 0 Å². The molecule has 9 nitrogen and oxygen atoms in total. The van der Waals surface area contributed by atoms with Gasteiger partial charge in [-0.1, -0.05) is 0 Å². The van der Waals surface area contributed by atoms with Crippen LogP contribution in [0, 0.1) is 0 Å². The van der Waals surface area contributed by atoms with Gasteiger partial charge in [-0.25, -0.2) is 4.79 Å². The molecule has 0 N–H and O–H groups in total. The molecular formula is C27H24O9. The topological polar surface area (TPSA) is 98.8 Å². The predicted octanol–water partition coefficient (Wildman–Crippen LogP) is 4.57. The number of allylic oxidation sites excluding steroid dienone is 1. The monoisotopic (exact) mass is 492 g/mol. The van der Waals surface area contributed by atoms with E-state index in [0.29, 0.717) is 39.9 Å². The van der Waals surface area contributed by atoms with Crippen LogP contribution in [0.5, 0.6) is 40.2 Å². The number of carbonyl (C=O) groups excluding carboxylic acids is 2. The highest BCUT2D eigenvalue weighted by atomic mass is 16.5. The molecule has 0 saturated heterocycles. The average molecular weight is 492 g/mol. The highest BCUT2D eigenvalue weighted by Crippen LogP contribution is 2.39. The van der Waals surface area contributed by atoms with E-state index < -0.39 is 5.97 Å². The molecule has 36 heavy (non-hydrogen) atoms. The SMILES string of the molecule is COc1cc(OC)c(OC)cc1/C=C1\Oc2cc(OC(=O)c3ccc(OC)c(OC)c3)ccc2C1=O. The minimum absolute atomic E-state index is 0.0823. The molecule has 0 radical (unpaired) electrons. The zero-order chi connectivity index (χ0) is 25.8. The minimum Gasteiger partial charge on any atom is -0.496 e. The molecule has 4 rings (SSSR count). The molecule has 3 aromatic rings. The molecule has 0 atom stereocenters. The Hall–Kier alpha value is -4.66. The van der Waals surface area contributed by atoms with E-state index >= 15 is 0 Å². The number of fused-ring (bicyclic) bond motifs is 1. The summed E-state index contributed by atoms with van der Waals surface area (Å²) in [5.41, 5.74) is 1.17. The Kier molecular flexibility index (Phi) is 7.00. The van der Waals surface area contributed by atoms with Crippen LogP contribution in [0.4, 0.5) is 0 Å². The average Bonchev–Trinajstić information content (AvgIpc) is 3.21. The summed E-state index contributed by atoms with van der Waals surface area (Å²) in [6.45, 7) is 0. The van der Waals surface area contributed by atoms with Crippen LogP contribution in [-0.4, -0.2) is 47.3 Å². The van der Waals surface area contributed by atoms with E-state index in [0.717, 1.165) is 0 Å². The van der Waals surface area contributed by atoms with E-state index in [9.17, 15) is 9.59 Å². The summed E-state index contributed by atoms with van der Waals surface area (Å²) >= 11 is 0. The van der Waals surface area contributed by atoms with E-state index in [1.807, 2.05) is 0 Å². The Bertz CT molecular complexity index is 1360. The molecule has 1 aliphatic rings. The summed E-state index contributed by atoms with van der Waals surface area (Å²) in [6, 6.07) is 12.6. The molecular weight excluding hydrogens is 468 g/mol. The maximum absolute atomic E-state index is 12.9. The van der Waals surface area contributed by atoms with Crippen molar-refractivity contribution < 1.29 is 42.7 Å². The number of benzene rings is 3. The molecule has 0 unspecified atom stereocenters. The molecule has 3 aromatic carbocycles. The molecule has 1 heterocycles. The smallest absolute Gasteiger partial charge is 0.343 e. The van der Waals surface area contributed by atoms with Gasteiger partial charge in [-0.05, 0) is 42.5 Å². The van der Waals surface area contributed by atoms with Crippen molar-refractivity contribution in [3.63, 3.8) is 0 Å². The summed E-state index contributed by atoms with van der Waals surface area (Å²) < 4.78 is 37.8. The molecule has 0 fully saturated rings. The lowest BCUT2D eigenvalue weighted by Gasteiger charge is -2.12. The third kappa shape index (κ3) is 4.63. The molecule has 0 saturated carbocycles. The first-order chi connectivity index (χ1) is 17.4. The lowest BCUT2D eigenvalue weighted by molar-refractivity contribution is 0.0734. The standard InChI is InChI=1S/C27H24O9/c1-30-19-9-6-15(10-22(19)32-3)27(29)35-17-7-8-18-21(13-17)36-25(26(18)28)12-16-11-23(33-4)24(34-5)14-20(16)31-2/h6-14H,1-5H3/b25-12-. The number of rotatable bonds is 8. The zero-order valence-corrected chi connectivity index (χ0v) is 20.4. The van der Waals surface area contributed by atoms with Crippen LogP contribution >= 0.6 is 0 Å². The number of Topliss-reactive ketones (excluding diaryl/α,β-unsaturated/α-hetero) is 1. The number of esters is 1. The number of hydrogen-bond acceptors (Lipinski definition) is 9. The molecule has 0 aromatic heterocycles. The van der Waals surface area contributed by atoms with Gasteiger partial charge in [0.15, 0.2) is 28.8 Å².